The Bertz CT molecular complexity index is 1490. The number of hydrogen-bond donors (Lipinski definition) is 0. The lowest BCUT2D eigenvalue weighted by molar-refractivity contribution is -0.156. The molecule has 0 heterocycles. The summed E-state index contributed by atoms with van der Waals surface area (Å²) in [5, 5.41) is 0. The van der Waals surface area contributed by atoms with Crippen LogP contribution in [0.1, 0.15) is 32.8 Å². The Hall–Kier alpha value is -2.31. The van der Waals surface area contributed by atoms with Crippen molar-refractivity contribution >= 4 is 5.97 Å². The van der Waals surface area contributed by atoms with Gasteiger partial charge in [-0.05, 0) is 26.3 Å². The van der Waals surface area contributed by atoms with E-state index in [4.69, 9.17) is 123 Å². The molecule has 526 valence electrons. The number of rotatable bonds is 77. The normalized spacial score (nSPS) is 11.9. The van der Waals surface area contributed by atoms with Gasteiger partial charge in [0.05, 0.1) is 337 Å². The summed E-state index contributed by atoms with van der Waals surface area (Å²) in [5.74, 6) is -0.271. The number of esters is 1. The van der Waals surface area contributed by atoms with Crippen LogP contribution in [0.5, 0.6) is 0 Å². The van der Waals surface area contributed by atoms with Crippen LogP contribution in [0.2, 0.25) is 0 Å². The van der Waals surface area contributed by atoms with Gasteiger partial charge in [0.1, 0.15) is 5.60 Å². The molecule has 27 nitrogen and oxygen atoms in total. The number of ether oxygens (including phenoxy) is 26. The monoisotopic (exact) mass is 1290 g/mol. The van der Waals surface area contributed by atoms with Crippen LogP contribution in [0, 0.1) is 0 Å². The van der Waals surface area contributed by atoms with Crippen molar-refractivity contribution in [2.45, 2.75) is 39.4 Å². The quantitative estimate of drug-likeness (QED) is 0.0669. The van der Waals surface area contributed by atoms with Crippen LogP contribution < -0.4 is 0 Å². The summed E-state index contributed by atoms with van der Waals surface area (Å²) in [7, 11) is 0. The summed E-state index contributed by atoms with van der Waals surface area (Å²) in [6, 6.07) is 10.1. The van der Waals surface area contributed by atoms with E-state index in [9.17, 15) is 4.79 Å². The fourth-order valence-electron chi connectivity index (χ4n) is 6.59. The first-order valence-electron chi connectivity index (χ1n) is 31.7. The van der Waals surface area contributed by atoms with Gasteiger partial charge in [-0.1, -0.05) is 30.3 Å². The number of benzene rings is 1. The third-order valence-electron chi connectivity index (χ3n) is 10.9. The second kappa shape index (κ2) is 73.1. The molecule has 0 saturated heterocycles. The molecule has 27 heteroatoms. The van der Waals surface area contributed by atoms with Gasteiger partial charge in [0.25, 0.3) is 0 Å². The molecule has 0 aliphatic heterocycles. The first-order valence-corrected chi connectivity index (χ1v) is 31.7. The maximum absolute atomic E-state index is 11.6. The lowest BCUT2D eigenvalue weighted by atomic mass is 10.2. The van der Waals surface area contributed by atoms with Gasteiger partial charge in [0.2, 0.25) is 0 Å². The highest BCUT2D eigenvalue weighted by Gasteiger charge is 2.15. The van der Waals surface area contributed by atoms with Crippen molar-refractivity contribution in [3.63, 3.8) is 0 Å². The fraction of sp³-hybridized carbons (Fsp3) is 0.887. The third-order valence-corrected chi connectivity index (χ3v) is 10.9. The Morgan fingerprint density at radius 3 is 0.528 bits per heavy atom. The lowest BCUT2D eigenvalue weighted by Gasteiger charge is -2.19. The second-order valence-electron chi connectivity index (χ2n) is 19.6. The lowest BCUT2D eigenvalue weighted by Crippen LogP contribution is -2.24. The second-order valence-corrected chi connectivity index (χ2v) is 19.6. The van der Waals surface area contributed by atoms with Gasteiger partial charge in [-0.3, -0.25) is 4.79 Å². The maximum atomic E-state index is 11.6. The Labute approximate surface area is 531 Å². The molecule has 89 heavy (non-hydrogen) atoms. The van der Waals surface area contributed by atoms with Crippen molar-refractivity contribution in [1.29, 1.82) is 0 Å². The smallest absolute Gasteiger partial charge is 0.308 e. The topological polar surface area (TPSA) is 257 Å². The average Bonchev–Trinajstić information content (AvgIpc) is 3.59. The van der Waals surface area contributed by atoms with Gasteiger partial charge in [-0.25, -0.2) is 0 Å². The minimum Gasteiger partial charge on any atom is -0.460 e. The Balaban J connectivity index is 1.59. The minimum atomic E-state index is -0.484. The first kappa shape index (κ1) is 84.7. The highest BCUT2D eigenvalue weighted by Crippen LogP contribution is 2.08. The van der Waals surface area contributed by atoms with Gasteiger partial charge in [0, 0.05) is 0 Å². The molecule has 1 aromatic carbocycles. The molecule has 0 bridgehead atoms. The fourth-order valence-corrected chi connectivity index (χ4v) is 6.59. The molecule has 0 aliphatic carbocycles. The third kappa shape index (κ3) is 74.6. The van der Waals surface area contributed by atoms with E-state index in [0.717, 1.165) is 5.56 Å². The largest absolute Gasteiger partial charge is 0.460 e. The first-order chi connectivity index (χ1) is 44.0. The van der Waals surface area contributed by atoms with Crippen molar-refractivity contribution in [2.75, 3.05) is 324 Å². The van der Waals surface area contributed by atoms with E-state index < -0.39 is 5.60 Å². The summed E-state index contributed by atoms with van der Waals surface area (Å²) in [5.41, 5.74) is 0.668. The van der Waals surface area contributed by atoms with Crippen LogP contribution in [0.25, 0.3) is 0 Å². The average molecular weight is 1290 g/mol. The molecule has 0 N–H and O–H groups in total. The number of carbonyl (C=O) groups excluding carboxylic acids is 1. The van der Waals surface area contributed by atoms with E-state index in [0.29, 0.717) is 330 Å². The summed E-state index contributed by atoms with van der Waals surface area (Å²) in [6.07, 6.45) is 0.223. The SMILES string of the molecule is CC(C)(C)OC(=O)CCOCCOCCOCCOCCOCCOCCOCCOCCOCCOCCOCCOCCOCCOCCOCCOCCOCCOCCOCCOCCOCCOCCOCCOCCOCc1ccccc1. The van der Waals surface area contributed by atoms with Gasteiger partial charge < -0.3 is 123 Å². The highest BCUT2D eigenvalue weighted by molar-refractivity contribution is 5.69. The molecular formula is C62H116O27. The zero-order valence-electron chi connectivity index (χ0n) is 54.5. The van der Waals surface area contributed by atoms with Crippen molar-refractivity contribution in [3.05, 3.63) is 35.9 Å². The molecule has 1 aromatic rings. The molecule has 0 fully saturated rings. The molecule has 0 amide bonds. The van der Waals surface area contributed by atoms with E-state index >= 15 is 0 Å². The number of hydrogen-bond acceptors (Lipinski definition) is 27. The molecule has 0 aliphatic rings. The molecule has 0 aromatic heterocycles. The van der Waals surface area contributed by atoms with Crippen LogP contribution in [-0.2, 0) is 135 Å². The van der Waals surface area contributed by atoms with Crippen LogP contribution in [0.15, 0.2) is 30.3 Å². The van der Waals surface area contributed by atoms with E-state index in [1.54, 1.807) is 0 Å². The summed E-state index contributed by atoms with van der Waals surface area (Å²) >= 11 is 0. The standard InChI is InChI=1S/C62H116O27/c1-62(2,3)89-61(63)9-10-64-11-12-65-13-14-66-15-16-67-17-18-68-19-20-69-21-22-70-23-24-71-25-26-72-27-28-73-29-30-74-31-32-75-33-34-76-35-36-77-37-38-78-39-40-79-41-42-80-43-44-81-45-46-82-47-48-83-49-50-84-51-52-85-53-54-86-55-56-87-57-58-88-59-60-7-5-4-6-8-60/h4-8H,9-59H2,1-3H3. The van der Waals surface area contributed by atoms with Crippen LogP contribution in [-0.4, -0.2) is 335 Å². The molecule has 0 radical (unpaired) electrons. The molecule has 1 rings (SSSR count). The predicted molar refractivity (Wildman–Crippen MR) is 326 cm³/mol. The predicted octanol–water partition coefficient (Wildman–Crippen LogP) is 3.33. The van der Waals surface area contributed by atoms with Crippen LogP contribution in [0.4, 0.5) is 0 Å². The molecule has 0 atom stereocenters. The van der Waals surface area contributed by atoms with Gasteiger partial charge >= 0.3 is 5.97 Å². The molecule has 0 unspecified atom stereocenters. The van der Waals surface area contributed by atoms with Crippen molar-refractivity contribution < 1.29 is 128 Å². The zero-order chi connectivity index (χ0) is 63.6. The van der Waals surface area contributed by atoms with E-state index in [-0.39, 0.29) is 12.4 Å². The maximum Gasteiger partial charge on any atom is 0.308 e. The van der Waals surface area contributed by atoms with Crippen molar-refractivity contribution in [2.24, 2.45) is 0 Å². The Morgan fingerprint density at radius 1 is 0.225 bits per heavy atom. The zero-order valence-corrected chi connectivity index (χ0v) is 54.5. The van der Waals surface area contributed by atoms with Gasteiger partial charge in [-0.2, -0.15) is 0 Å². The van der Waals surface area contributed by atoms with Gasteiger partial charge in [-0.15, -0.1) is 0 Å². The van der Waals surface area contributed by atoms with Crippen LogP contribution in [0.3, 0.4) is 0 Å². The van der Waals surface area contributed by atoms with E-state index in [2.05, 4.69) is 0 Å². The summed E-state index contributed by atoms with van der Waals surface area (Å²) in [4.78, 5) is 11.6. The molecule has 0 saturated carbocycles. The summed E-state index contributed by atoms with van der Waals surface area (Å²) < 4.78 is 143. The van der Waals surface area contributed by atoms with Crippen molar-refractivity contribution in [3.8, 4) is 0 Å². The number of carbonyl (C=O) groups is 1. The highest BCUT2D eigenvalue weighted by atomic mass is 16.6. The molecule has 0 spiro atoms. The van der Waals surface area contributed by atoms with Crippen LogP contribution >= 0.6 is 0 Å². The Kier molecular flexibility index (Phi) is 69.6. The summed E-state index contributed by atoms with van der Waals surface area (Å²) in [6.45, 7) is 29.7. The van der Waals surface area contributed by atoms with Gasteiger partial charge in [0.15, 0.2) is 0 Å². The molecular weight excluding hydrogens is 1180 g/mol. The Morgan fingerprint density at radius 2 is 0.371 bits per heavy atom. The van der Waals surface area contributed by atoms with Crippen molar-refractivity contribution in [1.82, 2.24) is 0 Å². The minimum absolute atomic E-state index is 0.223. The van der Waals surface area contributed by atoms with E-state index in [1.165, 1.54) is 0 Å². The van der Waals surface area contributed by atoms with E-state index in [1.807, 2.05) is 51.1 Å².